The van der Waals surface area contributed by atoms with E-state index >= 15 is 0 Å². The van der Waals surface area contributed by atoms with E-state index in [1.165, 1.54) is 0 Å². The Bertz CT molecular complexity index is 71.2. The Morgan fingerprint density at radius 2 is 2.50 bits per heavy atom. The molecule has 0 aliphatic heterocycles. The van der Waals surface area contributed by atoms with E-state index < -0.39 is 6.03 Å². The van der Waals surface area contributed by atoms with Gasteiger partial charge in [-0.2, -0.15) is 0 Å². The van der Waals surface area contributed by atoms with Crippen LogP contribution in [0.3, 0.4) is 0 Å². The molecule has 2 amide bonds. The first-order valence-electron chi connectivity index (χ1n) is 1.17. The normalized spacial score (nSPS) is 6.67. The third-order valence-electron chi connectivity index (χ3n) is 0.160. The van der Waals surface area contributed by atoms with Gasteiger partial charge in [0, 0.05) is 0 Å². The number of hydrogen-bond donors (Lipinski definition) is 2. The van der Waals surface area contributed by atoms with Gasteiger partial charge < -0.3 is 0 Å². The van der Waals surface area contributed by atoms with E-state index in [1.807, 2.05) is 22.1 Å². The topological polar surface area (TPSA) is 67.5 Å². The number of carbonyl (C=O) groups is 1. The number of amides is 2. The fourth-order valence-corrected chi connectivity index (χ4v) is 0.256. The van der Waals surface area contributed by atoms with E-state index in [2.05, 4.69) is 9.70 Å². The molecule has 4 nitrogen and oxygen atoms in total. The summed E-state index contributed by atoms with van der Waals surface area (Å²) in [6.45, 7) is 0. The molecule has 0 aliphatic carbocycles. The number of nitrogens with two attached hydrogens (primary N) is 1. The summed E-state index contributed by atoms with van der Waals surface area (Å²) >= 11 is 1.81. The number of nitrogens with one attached hydrogen (secondary N) is 1. The molecule has 0 aromatic heterocycles. The first kappa shape index (κ1) is 5.63. The molecule has 0 aliphatic rings. The van der Waals surface area contributed by atoms with Gasteiger partial charge in [0.1, 0.15) is 0 Å². The van der Waals surface area contributed by atoms with Crippen molar-refractivity contribution in [3.05, 3.63) is 0 Å². The van der Waals surface area contributed by atoms with Crippen molar-refractivity contribution in [2.45, 2.75) is 0 Å². The third kappa shape index (κ3) is 3.63. The van der Waals surface area contributed by atoms with Crippen LogP contribution in [0.5, 0.6) is 0 Å². The van der Waals surface area contributed by atoms with Crippen molar-refractivity contribution >= 4 is 22.7 Å². The van der Waals surface area contributed by atoms with Gasteiger partial charge in [0.2, 0.25) is 0 Å². The molecule has 0 saturated heterocycles. The van der Waals surface area contributed by atoms with Crippen molar-refractivity contribution < 1.29 is 4.79 Å². The second-order valence-electron chi connectivity index (χ2n) is 0.576. The molecular weight excluding hydrogens is 145 g/mol. The quantitative estimate of drug-likeness (QED) is 0.360. The van der Waals surface area contributed by atoms with Crippen LogP contribution in [0.1, 0.15) is 0 Å². The number of hydrogen-bond acceptors (Lipinski definition) is 2. The number of urea groups is 1. The van der Waals surface area contributed by atoms with Gasteiger partial charge in [0.05, 0.1) is 0 Å². The van der Waals surface area contributed by atoms with Crippen LogP contribution in [-0.2, 0) is 0 Å². The first-order valence-corrected chi connectivity index (χ1v) is 2.01. The summed E-state index contributed by atoms with van der Waals surface area (Å²) in [4.78, 5) is 9.61. The predicted octanol–water partition coefficient (Wildman–Crippen LogP) is -1.08. The Morgan fingerprint density at radius 3 is 2.50 bits per heavy atom. The number of carbonyl (C=O) groups excluding carboxylic acids is 1. The maximum absolute atomic E-state index is 9.61. The first-order chi connectivity index (χ1) is 2.77. The summed E-state index contributed by atoms with van der Waals surface area (Å²) in [5.41, 5.74) is 6.49. The summed E-state index contributed by atoms with van der Waals surface area (Å²) in [5.74, 6) is 0. The Morgan fingerprint density at radius 1 is 2.00 bits per heavy atom. The van der Waals surface area contributed by atoms with Gasteiger partial charge >= 0.3 is 42.6 Å². The molecule has 0 bridgehead atoms. The second-order valence-corrected chi connectivity index (χ2v) is 0.996. The molecule has 5 heteroatoms. The fourth-order valence-electron chi connectivity index (χ4n) is 0.0493. The average molecular weight is 148 g/mol. The zero-order valence-corrected chi connectivity index (χ0v) is 4.76. The van der Waals surface area contributed by atoms with Crippen LogP contribution >= 0.6 is 0 Å². The van der Waals surface area contributed by atoms with Gasteiger partial charge in [-0.25, -0.2) is 0 Å². The fraction of sp³-hybridized carbons (Fsp3) is 0. The van der Waals surface area contributed by atoms with Gasteiger partial charge in [-0.1, -0.05) is 0 Å². The molecule has 0 fully saturated rings. The third-order valence-corrected chi connectivity index (χ3v) is 0.370. The van der Waals surface area contributed by atoms with Crippen LogP contribution in [0.15, 0.2) is 3.97 Å². The minimum absolute atomic E-state index is 0.643. The van der Waals surface area contributed by atoms with E-state index in [0.29, 0.717) is 0 Å². The molecule has 0 spiro atoms. The van der Waals surface area contributed by atoms with Gasteiger partial charge in [0.25, 0.3) is 0 Å². The maximum atomic E-state index is 9.61. The summed E-state index contributed by atoms with van der Waals surface area (Å²) in [6, 6.07) is -0.643. The zero-order valence-electron chi connectivity index (χ0n) is 2.88. The molecule has 0 unspecified atom stereocenters. The standard InChI is InChI=1S/CH3AsN3O/c2-5-4-1(3)6/h(H3,3,4,6). The van der Waals surface area contributed by atoms with E-state index in [0.717, 1.165) is 0 Å². The van der Waals surface area contributed by atoms with Crippen molar-refractivity contribution in [2.75, 3.05) is 0 Å². The van der Waals surface area contributed by atoms with Crippen LogP contribution in [0, 0.1) is 0 Å². The van der Waals surface area contributed by atoms with Crippen molar-refractivity contribution in [3.63, 3.8) is 0 Å². The number of primary amides is 1. The van der Waals surface area contributed by atoms with Crippen molar-refractivity contribution in [1.29, 1.82) is 0 Å². The van der Waals surface area contributed by atoms with Gasteiger partial charge in [-0.05, 0) is 0 Å². The Labute approximate surface area is 43.4 Å². The van der Waals surface area contributed by atoms with Crippen LogP contribution < -0.4 is 11.2 Å². The molecular formula is CH3AsN3O. The van der Waals surface area contributed by atoms with E-state index in [4.69, 9.17) is 0 Å². The molecule has 0 rings (SSSR count). The Kier molecular flexibility index (Phi) is 2.67. The number of nitrogens with zero attached hydrogens (tertiary/aromatic N) is 1. The average Bonchev–Trinajstić information content (AvgIpc) is 1.35. The second kappa shape index (κ2) is 2.84. The SMILES string of the molecule is NC(=O)NN=[As]. The van der Waals surface area contributed by atoms with Crippen LogP contribution in [0.2, 0.25) is 0 Å². The molecule has 0 aromatic carbocycles. The summed E-state index contributed by atoms with van der Waals surface area (Å²) in [7, 11) is 0. The van der Waals surface area contributed by atoms with Crippen molar-refractivity contribution in [3.8, 4) is 0 Å². The van der Waals surface area contributed by atoms with Crippen LogP contribution in [-0.4, -0.2) is 22.7 Å². The van der Waals surface area contributed by atoms with E-state index in [1.54, 1.807) is 0 Å². The van der Waals surface area contributed by atoms with E-state index in [9.17, 15) is 4.79 Å². The molecule has 0 atom stereocenters. The zero-order chi connectivity index (χ0) is 4.99. The molecule has 1 radical (unpaired) electrons. The number of rotatable bonds is 1. The Balaban J connectivity index is 3.05. The molecule has 0 saturated carbocycles. The minimum atomic E-state index is -0.643. The van der Waals surface area contributed by atoms with Gasteiger partial charge in [-0.3, -0.25) is 0 Å². The molecule has 0 aromatic rings. The van der Waals surface area contributed by atoms with E-state index in [-0.39, 0.29) is 0 Å². The summed E-state index contributed by atoms with van der Waals surface area (Å²) in [6.07, 6.45) is 0. The van der Waals surface area contributed by atoms with Gasteiger partial charge in [0.15, 0.2) is 0 Å². The summed E-state index contributed by atoms with van der Waals surface area (Å²) in [5, 5.41) is 0. The van der Waals surface area contributed by atoms with Crippen molar-refractivity contribution in [1.82, 2.24) is 5.43 Å². The molecule has 0 heterocycles. The summed E-state index contributed by atoms with van der Waals surface area (Å²) < 4.78 is 3.15. The van der Waals surface area contributed by atoms with Crippen molar-refractivity contribution in [2.24, 2.45) is 9.70 Å². The molecule has 6 heavy (non-hydrogen) atoms. The van der Waals surface area contributed by atoms with Crippen LogP contribution in [0.25, 0.3) is 0 Å². The van der Waals surface area contributed by atoms with Crippen LogP contribution in [0.4, 0.5) is 4.79 Å². The predicted molar refractivity (Wildman–Crippen MR) is 20.9 cm³/mol. The molecule has 3 N–H and O–H groups in total. The molecule has 33 valence electrons. The Hall–Kier alpha value is -0.372. The van der Waals surface area contributed by atoms with Gasteiger partial charge in [-0.15, -0.1) is 0 Å². The monoisotopic (exact) mass is 148 g/mol.